The number of hydrogen-bond acceptors (Lipinski definition) is 6. The second-order valence-electron chi connectivity index (χ2n) is 8.73. The van der Waals surface area contributed by atoms with Crippen LogP contribution in [-0.2, 0) is 16.1 Å². The van der Waals surface area contributed by atoms with Crippen molar-refractivity contribution in [1.82, 2.24) is 5.32 Å². The van der Waals surface area contributed by atoms with Gasteiger partial charge in [-0.05, 0) is 42.3 Å². The van der Waals surface area contributed by atoms with Crippen molar-refractivity contribution < 1.29 is 29.0 Å². The highest BCUT2D eigenvalue weighted by atomic mass is 35.5. The molecule has 0 unspecified atom stereocenters. The van der Waals surface area contributed by atoms with E-state index in [1.165, 1.54) is 19.2 Å². The van der Waals surface area contributed by atoms with Gasteiger partial charge in [0.1, 0.15) is 12.4 Å². The van der Waals surface area contributed by atoms with Crippen LogP contribution in [0, 0.1) is 0 Å². The van der Waals surface area contributed by atoms with E-state index in [2.05, 4.69) is 5.32 Å². The van der Waals surface area contributed by atoms with E-state index in [1.807, 2.05) is 18.2 Å². The number of ketones is 1. The number of methoxy groups -OCH3 is 1. The van der Waals surface area contributed by atoms with Crippen LogP contribution in [0.3, 0.4) is 0 Å². The van der Waals surface area contributed by atoms with Crippen molar-refractivity contribution in [3.05, 3.63) is 116 Å². The molecule has 1 atom stereocenters. The first-order valence-corrected chi connectivity index (χ1v) is 11.9. The Balaban J connectivity index is 1.49. The topological polar surface area (TPSA) is 102 Å². The van der Waals surface area contributed by atoms with Crippen molar-refractivity contribution >= 4 is 35.0 Å². The Bertz CT molecular complexity index is 1520. The molecule has 0 bridgehead atoms. The maximum absolute atomic E-state index is 13.5. The van der Waals surface area contributed by atoms with E-state index in [9.17, 15) is 14.4 Å². The molecule has 7 nitrogen and oxygen atoms in total. The molecule has 37 heavy (non-hydrogen) atoms. The zero-order valence-corrected chi connectivity index (χ0v) is 20.8. The second kappa shape index (κ2) is 9.59. The molecule has 1 aliphatic carbocycles. The van der Waals surface area contributed by atoms with Crippen LogP contribution in [-0.4, -0.2) is 29.9 Å². The summed E-state index contributed by atoms with van der Waals surface area (Å²) in [6.45, 7) is 1.96. The molecule has 3 aromatic carbocycles. The number of aromatic carboxylic acids is 1. The number of halogens is 1. The van der Waals surface area contributed by atoms with Crippen LogP contribution < -0.4 is 10.1 Å². The summed E-state index contributed by atoms with van der Waals surface area (Å²) in [5.41, 5.74) is 5.06. The smallest absolute Gasteiger partial charge is 0.336 e. The molecular weight excluding hydrogens is 494 g/mol. The zero-order valence-electron chi connectivity index (χ0n) is 20.0. The summed E-state index contributed by atoms with van der Waals surface area (Å²) in [4.78, 5) is 37.4. The average molecular weight is 516 g/mol. The number of nitrogens with one attached hydrogen (secondary N) is 1. The summed E-state index contributed by atoms with van der Waals surface area (Å²) in [6, 6.07) is 18.9. The van der Waals surface area contributed by atoms with Crippen LogP contribution in [0.1, 0.15) is 50.2 Å². The van der Waals surface area contributed by atoms with Gasteiger partial charge in [-0.2, -0.15) is 0 Å². The summed E-state index contributed by atoms with van der Waals surface area (Å²) in [5.74, 6) is -1.96. The van der Waals surface area contributed by atoms with E-state index in [0.717, 1.165) is 11.1 Å². The number of hydrogen-bond donors (Lipinski definition) is 2. The molecule has 5 rings (SSSR count). The Hall–Kier alpha value is -4.36. The minimum absolute atomic E-state index is 0.154. The van der Waals surface area contributed by atoms with E-state index < -0.39 is 17.9 Å². The summed E-state index contributed by atoms with van der Waals surface area (Å²) in [7, 11) is 1.31. The summed E-state index contributed by atoms with van der Waals surface area (Å²) >= 11 is 6.60. The number of ether oxygens (including phenoxy) is 2. The van der Waals surface area contributed by atoms with Gasteiger partial charge in [0, 0.05) is 28.3 Å². The van der Waals surface area contributed by atoms with Crippen molar-refractivity contribution in [2.75, 3.05) is 7.11 Å². The van der Waals surface area contributed by atoms with Crippen LogP contribution in [0.15, 0.2) is 83.6 Å². The lowest BCUT2D eigenvalue weighted by molar-refractivity contribution is -0.136. The molecule has 0 saturated carbocycles. The van der Waals surface area contributed by atoms with E-state index in [-0.39, 0.29) is 18.0 Å². The highest BCUT2D eigenvalue weighted by Crippen LogP contribution is 2.47. The molecule has 3 aromatic rings. The monoisotopic (exact) mass is 515 g/mol. The van der Waals surface area contributed by atoms with Crippen LogP contribution in [0.5, 0.6) is 5.75 Å². The third kappa shape index (κ3) is 4.27. The lowest BCUT2D eigenvalue weighted by Gasteiger charge is -2.29. The molecule has 186 valence electrons. The predicted octanol–water partition coefficient (Wildman–Crippen LogP) is 5.36. The first-order valence-electron chi connectivity index (χ1n) is 11.5. The van der Waals surface area contributed by atoms with Gasteiger partial charge in [-0.1, -0.05) is 54.1 Å². The van der Waals surface area contributed by atoms with Crippen molar-refractivity contribution in [3.63, 3.8) is 0 Å². The number of rotatable bonds is 6. The maximum Gasteiger partial charge on any atom is 0.336 e. The minimum atomic E-state index is -0.998. The number of carboxylic acids is 1. The Morgan fingerprint density at radius 2 is 1.73 bits per heavy atom. The Labute approximate surface area is 218 Å². The molecule has 1 heterocycles. The van der Waals surface area contributed by atoms with E-state index in [4.69, 9.17) is 26.2 Å². The highest BCUT2D eigenvalue weighted by molar-refractivity contribution is 6.32. The number of allylic oxidation sites excluding steroid dienone is 2. The lowest BCUT2D eigenvalue weighted by Crippen LogP contribution is -2.29. The van der Waals surface area contributed by atoms with Gasteiger partial charge in [0.15, 0.2) is 5.78 Å². The third-order valence-electron chi connectivity index (χ3n) is 6.54. The molecule has 1 aliphatic heterocycles. The van der Waals surface area contributed by atoms with E-state index in [1.54, 1.807) is 43.3 Å². The van der Waals surface area contributed by atoms with Crippen molar-refractivity contribution in [2.45, 2.75) is 19.4 Å². The number of carbonyl (C=O) groups excluding carboxylic acids is 2. The van der Waals surface area contributed by atoms with Gasteiger partial charge in [-0.3, -0.25) is 4.79 Å². The Kier molecular flexibility index (Phi) is 6.31. The number of Topliss-reactive ketones (excluding diaryl/α,β-unsaturated/α-hetero) is 1. The van der Waals surface area contributed by atoms with Crippen LogP contribution in [0.2, 0.25) is 5.02 Å². The van der Waals surface area contributed by atoms with Crippen LogP contribution >= 0.6 is 11.6 Å². The standard InChI is InChI=1S/C29H22ClNO6/c1-15-23(29(35)36-2)24(25-26(31-15)19-5-3-4-6-20(19)27(25)32)18-11-12-22(21(30)13-18)37-14-16-7-9-17(10-8-16)28(33)34/h3-13,24,31H,14H2,1-2H3,(H,33,34)/t24-/m1/s1. The molecule has 2 aliphatic rings. The quantitative estimate of drug-likeness (QED) is 0.426. The molecule has 0 aromatic heterocycles. The largest absolute Gasteiger partial charge is 0.487 e. The molecule has 0 fully saturated rings. The Morgan fingerprint density at radius 1 is 1.03 bits per heavy atom. The second-order valence-corrected chi connectivity index (χ2v) is 9.14. The summed E-state index contributed by atoms with van der Waals surface area (Å²) < 4.78 is 10.9. The zero-order chi connectivity index (χ0) is 26.3. The predicted molar refractivity (Wildman–Crippen MR) is 137 cm³/mol. The normalized spacial score (nSPS) is 16.2. The molecule has 0 radical (unpaired) electrons. The van der Waals surface area contributed by atoms with Gasteiger partial charge in [-0.15, -0.1) is 0 Å². The number of esters is 1. The first-order chi connectivity index (χ1) is 17.8. The van der Waals surface area contributed by atoms with Crippen molar-refractivity contribution in [3.8, 4) is 5.75 Å². The summed E-state index contributed by atoms with van der Waals surface area (Å²) in [5, 5.41) is 12.6. The SMILES string of the molecule is COC(=O)C1=C(C)NC2=C(C(=O)c3ccccc32)[C@@H]1c1ccc(OCc2ccc(C(=O)O)cc2)c(Cl)c1. The van der Waals surface area contributed by atoms with Gasteiger partial charge in [0.25, 0.3) is 0 Å². The molecule has 8 heteroatoms. The number of dihydropyridines is 1. The molecular formula is C29H22ClNO6. The van der Waals surface area contributed by atoms with E-state index >= 15 is 0 Å². The fraction of sp³-hybridized carbons (Fsp3) is 0.138. The molecule has 0 spiro atoms. The third-order valence-corrected chi connectivity index (χ3v) is 6.83. The van der Waals surface area contributed by atoms with Gasteiger partial charge < -0.3 is 19.9 Å². The number of carboxylic acid groups (broad SMARTS) is 1. The maximum atomic E-state index is 13.5. The fourth-order valence-electron chi connectivity index (χ4n) is 4.76. The molecule has 0 saturated heterocycles. The van der Waals surface area contributed by atoms with Crippen LogP contribution in [0.4, 0.5) is 0 Å². The van der Waals surface area contributed by atoms with Crippen molar-refractivity contribution in [2.24, 2.45) is 0 Å². The van der Waals surface area contributed by atoms with Gasteiger partial charge >= 0.3 is 11.9 Å². The molecule has 0 amide bonds. The Morgan fingerprint density at radius 3 is 2.38 bits per heavy atom. The number of carbonyl (C=O) groups is 3. The van der Waals surface area contributed by atoms with Gasteiger partial charge in [0.2, 0.25) is 0 Å². The highest BCUT2D eigenvalue weighted by Gasteiger charge is 2.42. The lowest BCUT2D eigenvalue weighted by atomic mass is 9.80. The number of fused-ring (bicyclic) bond motifs is 2. The van der Waals surface area contributed by atoms with Crippen LogP contribution in [0.25, 0.3) is 5.70 Å². The average Bonchev–Trinajstić information content (AvgIpc) is 3.18. The van der Waals surface area contributed by atoms with E-state index in [0.29, 0.717) is 44.4 Å². The number of benzene rings is 3. The van der Waals surface area contributed by atoms with Crippen molar-refractivity contribution in [1.29, 1.82) is 0 Å². The van der Waals surface area contributed by atoms with Gasteiger partial charge in [0.05, 0.1) is 29.0 Å². The molecule has 2 N–H and O–H groups in total. The minimum Gasteiger partial charge on any atom is -0.487 e. The summed E-state index contributed by atoms with van der Waals surface area (Å²) in [6.07, 6.45) is 0. The first kappa shape index (κ1) is 24.3. The van der Waals surface area contributed by atoms with Gasteiger partial charge in [-0.25, -0.2) is 9.59 Å². The fourth-order valence-corrected chi connectivity index (χ4v) is 5.00.